The van der Waals surface area contributed by atoms with Gasteiger partial charge in [-0.15, -0.1) is 0 Å². The molecule has 3 aromatic carbocycles. The van der Waals surface area contributed by atoms with Crippen molar-refractivity contribution in [2.45, 2.75) is 20.0 Å². The van der Waals surface area contributed by atoms with E-state index in [-0.39, 0.29) is 22.8 Å². The Bertz CT molecular complexity index is 1150. The van der Waals surface area contributed by atoms with E-state index >= 15 is 0 Å². The summed E-state index contributed by atoms with van der Waals surface area (Å²) in [4.78, 5) is 36.5. The van der Waals surface area contributed by atoms with Gasteiger partial charge in [0, 0.05) is 13.0 Å². The molecule has 0 aliphatic carbocycles. The predicted octanol–water partition coefficient (Wildman–Crippen LogP) is 4.26. The predicted molar refractivity (Wildman–Crippen MR) is 108 cm³/mol. The lowest BCUT2D eigenvalue weighted by atomic mass is 10.0. The number of fused-ring (bicyclic) bond motifs is 1. The molecule has 0 aromatic heterocycles. The molecule has 0 radical (unpaired) electrons. The number of rotatable bonds is 5. The molecule has 3 rings (SSSR count). The molecule has 0 spiro atoms. The topological polar surface area (TPSA) is 84.5 Å². The number of nitrogens with one attached hydrogen (secondary N) is 2. The van der Waals surface area contributed by atoms with Crippen molar-refractivity contribution in [2.24, 2.45) is 0 Å². The number of ether oxygens (including phenoxy) is 1. The van der Waals surface area contributed by atoms with Crippen molar-refractivity contribution in [1.82, 2.24) is 0 Å². The fourth-order valence-corrected chi connectivity index (χ4v) is 2.81. The molecule has 1 atom stereocenters. The zero-order chi connectivity index (χ0) is 21.8. The van der Waals surface area contributed by atoms with E-state index in [0.717, 1.165) is 29.0 Å². The van der Waals surface area contributed by atoms with Crippen LogP contribution in [0, 0.1) is 11.6 Å². The van der Waals surface area contributed by atoms with Crippen molar-refractivity contribution in [3.63, 3.8) is 0 Å². The quantitative estimate of drug-likeness (QED) is 0.614. The van der Waals surface area contributed by atoms with Gasteiger partial charge in [-0.25, -0.2) is 13.6 Å². The van der Waals surface area contributed by atoms with E-state index in [9.17, 15) is 23.2 Å². The molecule has 30 heavy (non-hydrogen) atoms. The van der Waals surface area contributed by atoms with E-state index in [0.29, 0.717) is 0 Å². The Morgan fingerprint density at radius 1 is 0.900 bits per heavy atom. The smallest absolute Gasteiger partial charge is 0.341 e. The molecule has 0 aliphatic heterocycles. The highest BCUT2D eigenvalue weighted by atomic mass is 19.1. The van der Waals surface area contributed by atoms with Crippen molar-refractivity contribution in [3.8, 4) is 0 Å². The molecular weight excluding hydrogens is 394 g/mol. The monoisotopic (exact) mass is 412 g/mol. The molecule has 2 N–H and O–H groups in total. The summed E-state index contributed by atoms with van der Waals surface area (Å²) in [5.41, 5.74) is -0.0805. The molecule has 0 bridgehead atoms. The van der Waals surface area contributed by atoms with Gasteiger partial charge in [-0.05, 0) is 42.0 Å². The molecule has 3 aromatic rings. The number of benzene rings is 3. The highest BCUT2D eigenvalue weighted by molar-refractivity contribution is 6.06. The summed E-state index contributed by atoms with van der Waals surface area (Å²) < 4.78 is 32.2. The number of hydrogen-bond donors (Lipinski definition) is 2. The van der Waals surface area contributed by atoms with Crippen molar-refractivity contribution < 1.29 is 27.9 Å². The van der Waals surface area contributed by atoms with Crippen LogP contribution in [0.3, 0.4) is 0 Å². The van der Waals surface area contributed by atoms with E-state index in [1.807, 2.05) is 12.1 Å². The number of halogens is 2. The van der Waals surface area contributed by atoms with Crippen LogP contribution >= 0.6 is 0 Å². The number of carbonyl (C=O) groups excluding carboxylic acids is 3. The summed E-state index contributed by atoms with van der Waals surface area (Å²) in [6.45, 7) is 2.59. The van der Waals surface area contributed by atoms with Crippen LogP contribution in [0.25, 0.3) is 10.8 Å². The van der Waals surface area contributed by atoms with E-state index in [1.165, 1.54) is 13.8 Å². The van der Waals surface area contributed by atoms with Gasteiger partial charge in [0.2, 0.25) is 5.91 Å². The minimum Gasteiger partial charge on any atom is -0.449 e. The van der Waals surface area contributed by atoms with Crippen LogP contribution in [0.4, 0.5) is 20.2 Å². The van der Waals surface area contributed by atoms with Crippen LogP contribution in [0.15, 0.2) is 54.6 Å². The van der Waals surface area contributed by atoms with E-state index < -0.39 is 29.6 Å². The first kappa shape index (κ1) is 20.9. The Hall–Kier alpha value is -3.81. The number of hydrogen-bond acceptors (Lipinski definition) is 4. The maximum absolute atomic E-state index is 13.7. The first-order chi connectivity index (χ1) is 14.2. The number of carbonyl (C=O) groups is 3. The first-order valence-electron chi connectivity index (χ1n) is 9.02. The summed E-state index contributed by atoms with van der Waals surface area (Å²) in [6, 6.07) is 13.0. The second-order valence-corrected chi connectivity index (χ2v) is 6.59. The Kier molecular flexibility index (Phi) is 6.06. The lowest BCUT2D eigenvalue weighted by molar-refractivity contribution is -0.123. The van der Waals surface area contributed by atoms with Crippen LogP contribution in [0.1, 0.15) is 24.2 Å². The Morgan fingerprint density at radius 2 is 1.57 bits per heavy atom. The summed E-state index contributed by atoms with van der Waals surface area (Å²) in [6.07, 6.45) is -1.31. The second-order valence-electron chi connectivity index (χ2n) is 6.59. The minimum atomic E-state index is -1.31. The van der Waals surface area contributed by atoms with Gasteiger partial charge in [0.25, 0.3) is 5.91 Å². The Labute approximate surface area is 170 Å². The van der Waals surface area contributed by atoms with Gasteiger partial charge in [-0.2, -0.15) is 0 Å². The van der Waals surface area contributed by atoms with Gasteiger partial charge in [0.1, 0.15) is 11.6 Å². The standard InChI is InChI=1S/C22H18F2N2O4/c1-12(21(28)26-20-11-16(23)7-8-18(20)24)30-22(29)17-9-14-5-3-4-6-15(14)10-19(17)25-13(2)27/h3-12H,1-2H3,(H,25,27)(H,26,28). The van der Waals surface area contributed by atoms with Gasteiger partial charge in [0.15, 0.2) is 6.10 Å². The molecule has 1 unspecified atom stereocenters. The average molecular weight is 412 g/mol. The van der Waals surface area contributed by atoms with Crippen LogP contribution < -0.4 is 10.6 Å². The molecule has 6 nitrogen and oxygen atoms in total. The van der Waals surface area contributed by atoms with Crippen molar-refractivity contribution in [3.05, 3.63) is 71.8 Å². The number of amides is 2. The molecule has 2 amide bonds. The summed E-state index contributed by atoms with van der Waals surface area (Å²) in [5, 5.41) is 6.28. The SMILES string of the molecule is CC(=O)Nc1cc2ccccc2cc1C(=O)OC(C)C(=O)Nc1cc(F)ccc1F. The van der Waals surface area contributed by atoms with E-state index in [4.69, 9.17) is 4.74 Å². The normalized spacial score (nSPS) is 11.6. The Morgan fingerprint density at radius 3 is 2.23 bits per heavy atom. The minimum absolute atomic E-state index is 0.0560. The molecule has 154 valence electrons. The van der Waals surface area contributed by atoms with Crippen LogP contribution in [0.2, 0.25) is 0 Å². The van der Waals surface area contributed by atoms with E-state index in [2.05, 4.69) is 10.6 Å². The molecule has 0 fully saturated rings. The van der Waals surface area contributed by atoms with Crippen LogP contribution in [-0.4, -0.2) is 23.9 Å². The van der Waals surface area contributed by atoms with Gasteiger partial charge in [0.05, 0.1) is 16.9 Å². The van der Waals surface area contributed by atoms with Crippen molar-refractivity contribution in [1.29, 1.82) is 0 Å². The maximum Gasteiger partial charge on any atom is 0.341 e. The van der Waals surface area contributed by atoms with Gasteiger partial charge in [-0.1, -0.05) is 24.3 Å². The van der Waals surface area contributed by atoms with Gasteiger partial charge >= 0.3 is 5.97 Å². The summed E-state index contributed by atoms with van der Waals surface area (Å²) in [7, 11) is 0. The molecule has 0 saturated carbocycles. The van der Waals surface area contributed by atoms with Crippen molar-refractivity contribution in [2.75, 3.05) is 10.6 Å². The molecule has 8 heteroatoms. The van der Waals surface area contributed by atoms with E-state index in [1.54, 1.807) is 24.3 Å². The molecule has 0 saturated heterocycles. The zero-order valence-corrected chi connectivity index (χ0v) is 16.2. The highest BCUT2D eigenvalue weighted by Gasteiger charge is 2.23. The third-order valence-corrected chi connectivity index (χ3v) is 4.26. The van der Waals surface area contributed by atoms with Gasteiger partial charge < -0.3 is 15.4 Å². The zero-order valence-electron chi connectivity index (χ0n) is 16.2. The third kappa shape index (κ3) is 4.78. The molecular formula is C22H18F2N2O4. The molecule has 0 aliphatic rings. The number of anilines is 2. The third-order valence-electron chi connectivity index (χ3n) is 4.26. The van der Waals surface area contributed by atoms with Crippen molar-refractivity contribution >= 4 is 39.9 Å². The maximum atomic E-state index is 13.7. The Balaban J connectivity index is 1.81. The number of esters is 1. The van der Waals surface area contributed by atoms with Gasteiger partial charge in [-0.3, -0.25) is 9.59 Å². The van der Waals surface area contributed by atoms with Crippen LogP contribution in [-0.2, 0) is 14.3 Å². The first-order valence-corrected chi connectivity index (χ1v) is 9.02. The molecule has 0 heterocycles. The summed E-state index contributed by atoms with van der Waals surface area (Å²) >= 11 is 0. The largest absolute Gasteiger partial charge is 0.449 e. The fraction of sp³-hybridized carbons (Fsp3) is 0.136. The fourth-order valence-electron chi connectivity index (χ4n) is 2.81. The summed E-state index contributed by atoms with van der Waals surface area (Å²) in [5.74, 6) is -3.63. The lowest BCUT2D eigenvalue weighted by Crippen LogP contribution is -2.30. The lowest BCUT2D eigenvalue weighted by Gasteiger charge is -2.16. The highest BCUT2D eigenvalue weighted by Crippen LogP contribution is 2.25. The average Bonchev–Trinajstić information content (AvgIpc) is 2.69. The second kappa shape index (κ2) is 8.69. The van der Waals surface area contributed by atoms with Crippen LogP contribution in [0.5, 0.6) is 0 Å².